The van der Waals surface area contributed by atoms with Gasteiger partial charge in [-0.25, -0.2) is 19.3 Å². The number of aryl methyl sites for hydroxylation is 1. The van der Waals surface area contributed by atoms with Gasteiger partial charge in [0.2, 0.25) is 5.95 Å². The molecule has 38 heavy (non-hydrogen) atoms. The maximum absolute atomic E-state index is 13.4. The number of rotatable bonds is 6. The number of methoxy groups -OCH3 is 1. The highest BCUT2D eigenvalue weighted by Gasteiger charge is 2.46. The van der Waals surface area contributed by atoms with E-state index in [9.17, 15) is 4.79 Å². The molecule has 1 saturated carbocycles. The lowest BCUT2D eigenvalue weighted by Gasteiger charge is -2.26. The van der Waals surface area contributed by atoms with Crippen LogP contribution in [0.4, 0.5) is 11.6 Å². The minimum absolute atomic E-state index is 0.183. The molecule has 0 amide bonds. The Morgan fingerprint density at radius 2 is 2.05 bits per heavy atom. The number of hydrogen-bond acceptors (Lipinski definition) is 7. The van der Waals surface area contributed by atoms with Crippen LogP contribution in [0.2, 0.25) is 0 Å². The summed E-state index contributed by atoms with van der Waals surface area (Å²) in [4.78, 5) is 27.7. The number of nitrogens with one attached hydrogen (secondary N) is 2. The van der Waals surface area contributed by atoms with Crippen molar-refractivity contribution in [2.75, 3.05) is 19.0 Å². The summed E-state index contributed by atoms with van der Waals surface area (Å²) in [6.07, 6.45) is 7.57. The van der Waals surface area contributed by atoms with Crippen molar-refractivity contribution in [1.82, 2.24) is 29.6 Å². The summed E-state index contributed by atoms with van der Waals surface area (Å²) in [5.74, 6) is 1.04. The zero-order valence-corrected chi connectivity index (χ0v) is 21.8. The zero-order valence-electron chi connectivity index (χ0n) is 21.8. The van der Waals surface area contributed by atoms with Gasteiger partial charge in [0, 0.05) is 37.5 Å². The van der Waals surface area contributed by atoms with Crippen LogP contribution >= 0.6 is 0 Å². The predicted octanol–water partition coefficient (Wildman–Crippen LogP) is 3.85. The second-order valence-corrected chi connectivity index (χ2v) is 10.9. The number of aromatic nitrogens is 5. The summed E-state index contributed by atoms with van der Waals surface area (Å²) in [5.41, 5.74) is 5.95. The van der Waals surface area contributed by atoms with Gasteiger partial charge in [-0.3, -0.25) is 4.79 Å². The van der Waals surface area contributed by atoms with Gasteiger partial charge in [0.05, 0.1) is 12.2 Å². The fraction of sp³-hybridized carbons (Fsp3) is 0.379. The molecule has 1 fully saturated rings. The van der Waals surface area contributed by atoms with Crippen LogP contribution < -0.4 is 16.2 Å². The van der Waals surface area contributed by atoms with Crippen LogP contribution in [0.3, 0.4) is 0 Å². The number of nitrogens with zero attached hydrogens (tertiary/aromatic N) is 5. The summed E-state index contributed by atoms with van der Waals surface area (Å²) in [5, 5.41) is 7.35. The molecule has 9 nitrogen and oxygen atoms in total. The first kappa shape index (κ1) is 23.3. The molecule has 0 unspecified atom stereocenters. The lowest BCUT2D eigenvalue weighted by Crippen LogP contribution is -2.33. The molecule has 1 spiro atoms. The molecule has 0 bridgehead atoms. The number of pyridine rings is 1. The molecule has 194 valence electrons. The molecule has 2 aliphatic carbocycles. The topological polar surface area (TPSA) is 98.9 Å². The average Bonchev–Trinajstić information content (AvgIpc) is 3.55. The van der Waals surface area contributed by atoms with Crippen molar-refractivity contribution in [3.8, 4) is 5.82 Å². The molecule has 1 atom stereocenters. The standard InChI is InChI=1S/C29H31N7O2/c1-4-13-35-26(37)21-16-31-27(32-20-6-7-22-19(14-20)15-30-17-29(22)11-12-29)34-25(21)36(35)23-8-5-18-9-10-28(2,38-3)24(18)33-23/h4-8,14,16,30H,1,9-13,15,17H2,2-3H3,(H,31,32,34)/t28-/m1/s1. The van der Waals surface area contributed by atoms with E-state index in [1.54, 1.807) is 28.7 Å². The van der Waals surface area contributed by atoms with Crippen LogP contribution in [-0.2, 0) is 35.3 Å². The van der Waals surface area contributed by atoms with E-state index in [-0.39, 0.29) is 5.56 Å². The van der Waals surface area contributed by atoms with Gasteiger partial charge in [-0.1, -0.05) is 18.2 Å². The molecule has 0 saturated heterocycles. The first-order valence-electron chi connectivity index (χ1n) is 13.2. The molecular weight excluding hydrogens is 478 g/mol. The highest BCUT2D eigenvalue weighted by Crippen LogP contribution is 2.50. The number of ether oxygens (including phenoxy) is 1. The van der Waals surface area contributed by atoms with E-state index in [2.05, 4.69) is 53.4 Å². The quantitative estimate of drug-likeness (QED) is 0.381. The normalized spacial score (nSPS) is 20.9. The minimum Gasteiger partial charge on any atom is -0.372 e. The van der Waals surface area contributed by atoms with Crippen molar-refractivity contribution < 1.29 is 4.74 Å². The SMILES string of the molecule is C=CCn1c(=O)c2cnc(Nc3ccc4c(c3)CNCC43CC3)nc2n1-c1ccc2c(n1)[C@](C)(OC)CC2. The summed E-state index contributed by atoms with van der Waals surface area (Å²) in [6.45, 7) is 8.15. The molecule has 9 heteroatoms. The van der Waals surface area contributed by atoms with E-state index in [1.165, 1.54) is 29.5 Å². The summed E-state index contributed by atoms with van der Waals surface area (Å²) in [7, 11) is 1.72. The lowest BCUT2D eigenvalue weighted by molar-refractivity contribution is 0.000484. The Balaban J connectivity index is 1.32. The van der Waals surface area contributed by atoms with Gasteiger partial charge in [0.25, 0.3) is 5.56 Å². The van der Waals surface area contributed by atoms with Crippen LogP contribution in [0, 0.1) is 0 Å². The van der Waals surface area contributed by atoms with Gasteiger partial charge < -0.3 is 15.4 Å². The number of anilines is 2. The van der Waals surface area contributed by atoms with Crippen LogP contribution in [-0.4, -0.2) is 38.0 Å². The fourth-order valence-electron chi connectivity index (χ4n) is 6.15. The molecule has 1 aromatic carbocycles. The van der Waals surface area contributed by atoms with Crippen LogP contribution in [0.25, 0.3) is 16.9 Å². The van der Waals surface area contributed by atoms with Gasteiger partial charge in [0.15, 0.2) is 11.5 Å². The molecule has 0 radical (unpaired) electrons. The fourth-order valence-corrected chi connectivity index (χ4v) is 6.15. The van der Waals surface area contributed by atoms with E-state index in [4.69, 9.17) is 14.7 Å². The van der Waals surface area contributed by atoms with Gasteiger partial charge in [-0.15, -0.1) is 6.58 Å². The van der Waals surface area contributed by atoms with E-state index < -0.39 is 5.60 Å². The maximum Gasteiger partial charge on any atom is 0.278 e. The number of allylic oxidation sites excluding steroid dienone is 1. The first-order chi connectivity index (χ1) is 18.4. The highest BCUT2D eigenvalue weighted by molar-refractivity contribution is 5.77. The molecule has 7 rings (SSSR count). The second-order valence-electron chi connectivity index (χ2n) is 10.9. The van der Waals surface area contributed by atoms with E-state index in [0.717, 1.165) is 37.3 Å². The molecule has 1 aliphatic heterocycles. The second kappa shape index (κ2) is 8.34. The van der Waals surface area contributed by atoms with Crippen LogP contribution in [0.5, 0.6) is 0 Å². The summed E-state index contributed by atoms with van der Waals surface area (Å²) < 4.78 is 9.20. The number of fused-ring (bicyclic) bond motifs is 4. The third-order valence-electron chi connectivity index (χ3n) is 8.55. The minimum atomic E-state index is -0.458. The molecule has 4 aromatic rings. The Kier molecular flexibility index (Phi) is 5.12. The predicted molar refractivity (Wildman–Crippen MR) is 146 cm³/mol. The van der Waals surface area contributed by atoms with Gasteiger partial charge in [-0.2, -0.15) is 4.98 Å². The van der Waals surface area contributed by atoms with E-state index in [0.29, 0.717) is 34.8 Å². The van der Waals surface area contributed by atoms with Gasteiger partial charge in [-0.05, 0) is 67.5 Å². The molecule has 3 aliphatic rings. The highest BCUT2D eigenvalue weighted by atomic mass is 16.5. The number of benzene rings is 1. The van der Waals surface area contributed by atoms with Crippen molar-refractivity contribution in [2.24, 2.45) is 0 Å². The van der Waals surface area contributed by atoms with Gasteiger partial charge >= 0.3 is 0 Å². The largest absolute Gasteiger partial charge is 0.372 e. The third-order valence-corrected chi connectivity index (χ3v) is 8.55. The Bertz CT molecular complexity index is 1670. The Morgan fingerprint density at radius 3 is 2.84 bits per heavy atom. The van der Waals surface area contributed by atoms with Crippen molar-refractivity contribution in [3.05, 3.63) is 81.9 Å². The Labute approximate surface area is 220 Å². The number of hydrogen-bond donors (Lipinski definition) is 2. The molecular formula is C29H31N7O2. The average molecular weight is 510 g/mol. The molecule has 4 heterocycles. The van der Waals surface area contributed by atoms with Gasteiger partial charge in [0.1, 0.15) is 11.0 Å². The van der Waals surface area contributed by atoms with Crippen molar-refractivity contribution >= 4 is 22.7 Å². The van der Waals surface area contributed by atoms with E-state index >= 15 is 0 Å². The van der Waals surface area contributed by atoms with Crippen LogP contribution in [0.15, 0.2) is 54.0 Å². The molecule has 3 aromatic heterocycles. The van der Waals surface area contributed by atoms with Crippen molar-refractivity contribution in [1.29, 1.82) is 0 Å². The first-order valence-corrected chi connectivity index (χ1v) is 13.2. The third kappa shape index (κ3) is 3.45. The summed E-state index contributed by atoms with van der Waals surface area (Å²) in [6, 6.07) is 10.5. The zero-order chi connectivity index (χ0) is 26.1. The smallest absolute Gasteiger partial charge is 0.278 e. The Morgan fingerprint density at radius 1 is 1.18 bits per heavy atom. The Hall–Kier alpha value is -3.82. The van der Waals surface area contributed by atoms with Crippen LogP contribution in [0.1, 0.15) is 48.6 Å². The lowest BCUT2D eigenvalue weighted by atomic mass is 9.88. The van der Waals surface area contributed by atoms with Crippen molar-refractivity contribution in [2.45, 2.75) is 56.7 Å². The monoisotopic (exact) mass is 509 g/mol. The molecule has 2 N–H and O–H groups in total. The summed E-state index contributed by atoms with van der Waals surface area (Å²) >= 11 is 0. The van der Waals surface area contributed by atoms with Crippen molar-refractivity contribution in [3.63, 3.8) is 0 Å². The maximum atomic E-state index is 13.4. The van der Waals surface area contributed by atoms with E-state index in [1.807, 2.05) is 6.07 Å².